The fraction of sp³-hybridized carbons (Fsp3) is 0.429. The molecule has 0 atom stereocenters. The zero-order valence-electron chi connectivity index (χ0n) is 12.1. The molecule has 0 fully saturated rings. The van der Waals surface area contributed by atoms with Gasteiger partial charge in [0.05, 0.1) is 12.1 Å². The van der Waals surface area contributed by atoms with E-state index < -0.39 is 0 Å². The number of carbonyl (C=O) groups excluding carboxylic acids is 2. The van der Waals surface area contributed by atoms with Gasteiger partial charge < -0.3 is 21.7 Å². The molecule has 0 saturated carbocycles. The summed E-state index contributed by atoms with van der Waals surface area (Å²) in [6, 6.07) is 4.91. The van der Waals surface area contributed by atoms with Crippen molar-refractivity contribution in [1.29, 1.82) is 0 Å². The minimum absolute atomic E-state index is 0.0974. The molecule has 2 amide bonds. The number of hydrogen-bond acceptors (Lipinski definition) is 4. The van der Waals surface area contributed by atoms with Crippen molar-refractivity contribution >= 4 is 23.2 Å². The molecule has 1 aromatic carbocycles. The quantitative estimate of drug-likeness (QED) is 0.579. The Kier molecular flexibility index (Phi) is 5.83. The Labute approximate surface area is 119 Å². The molecule has 0 heterocycles. The molecule has 1 rings (SSSR count). The SMILES string of the molecule is CNC(=O)c1ccc(N)cc1NCC(=O)NCC(C)C. The number of benzene rings is 1. The van der Waals surface area contributed by atoms with E-state index in [2.05, 4.69) is 16.0 Å². The average molecular weight is 278 g/mol. The molecule has 6 heteroatoms. The number of rotatable bonds is 6. The van der Waals surface area contributed by atoms with E-state index in [4.69, 9.17) is 5.73 Å². The van der Waals surface area contributed by atoms with Gasteiger partial charge in [0, 0.05) is 25.0 Å². The van der Waals surface area contributed by atoms with E-state index in [1.807, 2.05) is 13.8 Å². The first kappa shape index (κ1) is 15.8. The fourth-order valence-corrected chi connectivity index (χ4v) is 1.60. The maximum atomic E-state index is 11.7. The van der Waals surface area contributed by atoms with Crippen molar-refractivity contribution in [1.82, 2.24) is 10.6 Å². The van der Waals surface area contributed by atoms with Crippen molar-refractivity contribution in [3.05, 3.63) is 23.8 Å². The third kappa shape index (κ3) is 4.79. The molecule has 0 bridgehead atoms. The summed E-state index contributed by atoms with van der Waals surface area (Å²) in [4.78, 5) is 23.4. The van der Waals surface area contributed by atoms with Gasteiger partial charge in [-0.3, -0.25) is 9.59 Å². The van der Waals surface area contributed by atoms with E-state index in [-0.39, 0.29) is 18.4 Å². The Balaban J connectivity index is 2.69. The topological polar surface area (TPSA) is 96.2 Å². The van der Waals surface area contributed by atoms with E-state index in [0.29, 0.717) is 29.4 Å². The van der Waals surface area contributed by atoms with Gasteiger partial charge in [0.1, 0.15) is 0 Å². The highest BCUT2D eigenvalue weighted by Crippen LogP contribution is 2.18. The highest BCUT2D eigenvalue weighted by Gasteiger charge is 2.11. The lowest BCUT2D eigenvalue weighted by Gasteiger charge is -2.13. The summed E-state index contributed by atoms with van der Waals surface area (Å²) in [5.74, 6) is 0.0480. The number of amides is 2. The largest absolute Gasteiger partial charge is 0.399 e. The first-order chi connectivity index (χ1) is 9.43. The van der Waals surface area contributed by atoms with E-state index in [1.165, 1.54) is 0 Å². The summed E-state index contributed by atoms with van der Waals surface area (Å²) in [6.45, 7) is 4.77. The van der Waals surface area contributed by atoms with Crippen molar-refractivity contribution in [2.24, 2.45) is 5.92 Å². The lowest BCUT2D eigenvalue weighted by atomic mass is 10.1. The normalized spacial score (nSPS) is 10.2. The number of anilines is 2. The van der Waals surface area contributed by atoms with Crippen LogP contribution < -0.4 is 21.7 Å². The summed E-state index contributed by atoms with van der Waals surface area (Å²) in [5, 5.41) is 8.28. The summed E-state index contributed by atoms with van der Waals surface area (Å²) in [5.41, 5.74) is 7.23. The van der Waals surface area contributed by atoms with Crippen molar-refractivity contribution in [3.63, 3.8) is 0 Å². The molecule has 0 radical (unpaired) electrons. The van der Waals surface area contributed by atoms with Gasteiger partial charge in [-0.2, -0.15) is 0 Å². The van der Waals surface area contributed by atoms with Crippen LogP contribution in [-0.4, -0.2) is 32.0 Å². The third-order valence-electron chi connectivity index (χ3n) is 2.66. The molecule has 1 aromatic rings. The molecule has 5 N–H and O–H groups in total. The van der Waals surface area contributed by atoms with Crippen LogP contribution in [0.4, 0.5) is 11.4 Å². The zero-order chi connectivity index (χ0) is 15.1. The lowest BCUT2D eigenvalue weighted by Crippen LogP contribution is -2.33. The highest BCUT2D eigenvalue weighted by atomic mass is 16.2. The fourth-order valence-electron chi connectivity index (χ4n) is 1.60. The number of nitrogens with one attached hydrogen (secondary N) is 3. The van der Waals surface area contributed by atoms with Gasteiger partial charge in [-0.15, -0.1) is 0 Å². The molecule has 0 unspecified atom stereocenters. The molecular weight excluding hydrogens is 256 g/mol. The molecule has 0 spiro atoms. The molecule has 0 aliphatic heterocycles. The van der Waals surface area contributed by atoms with Crippen LogP contribution in [0.1, 0.15) is 24.2 Å². The van der Waals surface area contributed by atoms with Gasteiger partial charge in [0.25, 0.3) is 5.91 Å². The average Bonchev–Trinajstić information content (AvgIpc) is 2.42. The minimum Gasteiger partial charge on any atom is -0.399 e. The van der Waals surface area contributed by atoms with Crippen molar-refractivity contribution in [2.75, 3.05) is 31.2 Å². The van der Waals surface area contributed by atoms with E-state index >= 15 is 0 Å². The van der Waals surface area contributed by atoms with Gasteiger partial charge in [-0.1, -0.05) is 13.8 Å². The van der Waals surface area contributed by atoms with Crippen LogP contribution in [0.2, 0.25) is 0 Å². The summed E-state index contributed by atoms with van der Waals surface area (Å²) in [6.07, 6.45) is 0. The summed E-state index contributed by atoms with van der Waals surface area (Å²) in [7, 11) is 1.55. The van der Waals surface area contributed by atoms with Gasteiger partial charge >= 0.3 is 0 Å². The van der Waals surface area contributed by atoms with Gasteiger partial charge in [-0.25, -0.2) is 0 Å². The van der Waals surface area contributed by atoms with Crippen molar-refractivity contribution in [2.45, 2.75) is 13.8 Å². The smallest absolute Gasteiger partial charge is 0.253 e. The van der Waals surface area contributed by atoms with Crippen molar-refractivity contribution in [3.8, 4) is 0 Å². The minimum atomic E-state index is -0.227. The molecule has 110 valence electrons. The molecule has 20 heavy (non-hydrogen) atoms. The van der Waals surface area contributed by atoms with Gasteiger partial charge in [-0.05, 0) is 24.1 Å². The number of carbonyl (C=O) groups is 2. The number of hydrogen-bond donors (Lipinski definition) is 4. The molecule has 6 nitrogen and oxygen atoms in total. The second kappa shape index (κ2) is 7.37. The van der Waals surface area contributed by atoms with Crippen LogP contribution in [0.15, 0.2) is 18.2 Å². The van der Waals surface area contributed by atoms with E-state index in [1.54, 1.807) is 25.2 Å². The maximum Gasteiger partial charge on any atom is 0.253 e. The molecule has 0 aromatic heterocycles. The first-order valence-electron chi connectivity index (χ1n) is 6.56. The Morgan fingerprint density at radius 2 is 2.00 bits per heavy atom. The van der Waals surface area contributed by atoms with Crippen LogP contribution >= 0.6 is 0 Å². The summed E-state index contributed by atoms with van der Waals surface area (Å²) >= 11 is 0. The second-order valence-corrected chi connectivity index (χ2v) is 4.94. The van der Waals surface area contributed by atoms with Gasteiger partial charge in [0.2, 0.25) is 5.91 Å². The zero-order valence-corrected chi connectivity index (χ0v) is 12.1. The standard InChI is InChI=1S/C14H22N4O2/c1-9(2)7-18-13(19)8-17-12-6-10(15)4-5-11(12)14(20)16-3/h4-6,9,17H,7-8,15H2,1-3H3,(H,16,20)(H,18,19). The van der Waals surface area contributed by atoms with E-state index in [0.717, 1.165) is 0 Å². The molecule has 0 aliphatic rings. The summed E-state index contributed by atoms with van der Waals surface area (Å²) < 4.78 is 0. The number of nitrogen functional groups attached to an aromatic ring is 1. The van der Waals surface area contributed by atoms with E-state index in [9.17, 15) is 9.59 Å². The first-order valence-corrected chi connectivity index (χ1v) is 6.56. The second-order valence-electron chi connectivity index (χ2n) is 4.94. The number of nitrogens with two attached hydrogens (primary N) is 1. The van der Waals surface area contributed by atoms with Crippen LogP contribution in [0.5, 0.6) is 0 Å². The maximum absolute atomic E-state index is 11.7. The highest BCUT2D eigenvalue weighted by molar-refractivity contribution is 6.00. The predicted molar refractivity (Wildman–Crippen MR) is 80.6 cm³/mol. The van der Waals surface area contributed by atoms with Crippen LogP contribution in [0.25, 0.3) is 0 Å². The van der Waals surface area contributed by atoms with Gasteiger partial charge in [0.15, 0.2) is 0 Å². The Hall–Kier alpha value is -2.24. The lowest BCUT2D eigenvalue weighted by molar-refractivity contribution is -0.119. The molecular formula is C14H22N4O2. The monoisotopic (exact) mass is 278 g/mol. The molecule has 0 saturated heterocycles. The predicted octanol–water partition coefficient (Wildman–Crippen LogP) is 0.813. The molecule has 0 aliphatic carbocycles. The Morgan fingerprint density at radius 1 is 1.30 bits per heavy atom. The van der Waals surface area contributed by atoms with Crippen LogP contribution in [0, 0.1) is 5.92 Å². The van der Waals surface area contributed by atoms with Crippen LogP contribution in [-0.2, 0) is 4.79 Å². The van der Waals surface area contributed by atoms with Crippen LogP contribution in [0.3, 0.4) is 0 Å². The Morgan fingerprint density at radius 3 is 2.60 bits per heavy atom. The Bertz CT molecular complexity index is 486. The van der Waals surface area contributed by atoms with Crippen molar-refractivity contribution < 1.29 is 9.59 Å². The third-order valence-corrected chi connectivity index (χ3v) is 2.66.